The van der Waals surface area contributed by atoms with Gasteiger partial charge in [-0.05, 0) is 57.1 Å². The SMILES string of the molecule is CCCCN(OCCCN(C)C)C(=O)CN1C[C@H](c2ccc3c(c2)CCO3)[C@@H](C(=O)O)[C@@H]1CCNS(C)(=O)=O. The molecule has 1 amide bonds. The first kappa shape index (κ1) is 31.3. The van der Waals surface area contributed by atoms with Crippen LogP contribution in [0.3, 0.4) is 0 Å². The molecule has 0 spiro atoms. The number of benzene rings is 1. The maximum absolute atomic E-state index is 13.5. The van der Waals surface area contributed by atoms with E-state index in [1.807, 2.05) is 44.1 Å². The number of unbranched alkanes of at least 4 members (excludes halogenated alkanes) is 1. The van der Waals surface area contributed by atoms with E-state index in [-0.39, 0.29) is 31.3 Å². The molecule has 2 aliphatic rings. The number of aliphatic carboxylic acids is 1. The van der Waals surface area contributed by atoms with Crippen LogP contribution < -0.4 is 9.46 Å². The fraction of sp³-hybridized carbons (Fsp3) is 0.704. The van der Waals surface area contributed by atoms with Gasteiger partial charge in [0.1, 0.15) is 5.75 Å². The van der Waals surface area contributed by atoms with Crippen molar-refractivity contribution in [2.45, 2.75) is 51.0 Å². The van der Waals surface area contributed by atoms with Crippen LogP contribution in [0.5, 0.6) is 5.75 Å². The number of hydroxylamine groups is 2. The number of rotatable bonds is 16. The number of hydrogen-bond donors (Lipinski definition) is 2. The van der Waals surface area contributed by atoms with Gasteiger partial charge < -0.3 is 14.7 Å². The molecule has 0 radical (unpaired) electrons. The molecule has 1 aromatic carbocycles. The first-order chi connectivity index (χ1) is 18.5. The molecule has 2 N–H and O–H groups in total. The third-order valence-electron chi connectivity index (χ3n) is 7.31. The Morgan fingerprint density at radius 2 is 2.00 bits per heavy atom. The van der Waals surface area contributed by atoms with Crippen LogP contribution in [0.2, 0.25) is 0 Å². The highest BCUT2D eigenvalue weighted by Crippen LogP contribution is 2.41. The third-order valence-corrected chi connectivity index (χ3v) is 8.04. The van der Waals surface area contributed by atoms with Gasteiger partial charge in [-0.1, -0.05) is 25.5 Å². The molecule has 1 aromatic rings. The molecule has 2 aliphatic heterocycles. The lowest BCUT2D eigenvalue weighted by Gasteiger charge is -2.29. The first-order valence-corrected chi connectivity index (χ1v) is 15.6. The van der Waals surface area contributed by atoms with Crippen molar-refractivity contribution in [3.63, 3.8) is 0 Å². The highest BCUT2D eigenvalue weighted by atomic mass is 32.2. The molecule has 0 aromatic heterocycles. The summed E-state index contributed by atoms with van der Waals surface area (Å²) in [6.07, 6.45) is 4.58. The summed E-state index contributed by atoms with van der Waals surface area (Å²) >= 11 is 0. The maximum atomic E-state index is 13.5. The molecule has 0 bridgehead atoms. The minimum Gasteiger partial charge on any atom is -0.493 e. The number of carbonyl (C=O) groups is 2. The predicted octanol–water partition coefficient (Wildman–Crippen LogP) is 1.54. The van der Waals surface area contributed by atoms with E-state index >= 15 is 0 Å². The number of fused-ring (bicyclic) bond motifs is 1. The molecule has 0 unspecified atom stereocenters. The summed E-state index contributed by atoms with van der Waals surface area (Å²) in [5, 5.41) is 11.7. The molecule has 1 fully saturated rings. The Balaban J connectivity index is 1.81. The standard InChI is InChI=1S/C27H44N4O7S/c1-5-6-14-31(38-15-7-13-29(2)3)25(32)19-30-18-22(20-8-9-24-21(17-20)11-16-37-24)26(27(33)34)23(30)10-12-28-39(4,35)36/h8-9,17,22-23,26,28H,5-7,10-16,18-19H2,1-4H3,(H,33,34)/t22-,23+,26-/m1/s1. The summed E-state index contributed by atoms with van der Waals surface area (Å²) in [5.74, 6) is -1.51. The van der Waals surface area contributed by atoms with Gasteiger partial charge in [0.05, 0.1) is 31.9 Å². The highest BCUT2D eigenvalue weighted by molar-refractivity contribution is 7.88. The molecule has 220 valence electrons. The summed E-state index contributed by atoms with van der Waals surface area (Å²) in [6.45, 7) is 4.81. The molecule has 3 atom stereocenters. The Bertz CT molecular complexity index is 1080. The number of nitrogens with one attached hydrogen (secondary N) is 1. The van der Waals surface area contributed by atoms with Gasteiger partial charge in [-0.25, -0.2) is 18.2 Å². The van der Waals surface area contributed by atoms with Gasteiger partial charge in [0, 0.05) is 38.0 Å². The number of amides is 1. The van der Waals surface area contributed by atoms with Gasteiger partial charge in [-0.3, -0.25) is 19.3 Å². The Morgan fingerprint density at radius 1 is 1.23 bits per heavy atom. The lowest BCUT2D eigenvalue weighted by molar-refractivity contribution is -0.189. The lowest BCUT2D eigenvalue weighted by atomic mass is 9.83. The fourth-order valence-corrected chi connectivity index (χ4v) is 5.88. The molecule has 39 heavy (non-hydrogen) atoms. The molecule has 0 saturated carbocycles. The summed E-state index contributed by atoms with van der Waals surface area (Å²) < 4.78 is 31.5. The van der Waals surface area contributed by atoms with Crippen molar-refractivity contribution in [1.82, 2.24) is 19.6 Å². The van der Waals surface area contributed by atoms with Gasteiger partial charge in [0.2, 0.25) is 10.0 Å². The summed E-state index contributed by atoms with van der Waals surface area (Å²) in [5.41, 5.74) is 1.95. The van der Waals surface area contributed by atoms with E-state index in [0.717, 1.165) is 55.4 Å². The second-order valence-electron chi connectivity index (χ2n) is 10.7. The highest BCUT2D eigenvalue weighted by Gasteiger charge is 2.47. The number of ether oxygens (including phenoxy) is 1. The van der Waals surface area contributed by atoms with E-state index in [1.54, 1.807) is 0 Å². The number of nitrogens with zero attached hydrogens (tertiary/aromatic N) is 3. The van der Waals surface area contributed by atoms with Crippen molar-refractivity contribution in [1.29, 1.82) is 0 Å². The van der Waals surface area contributed by atoms with Crippen LogP contribution in [0.1, 0.15) is 49.7 Å². The number of sulfonamides is 1. The largest absolute Gasteiger partial charge is 0.493 e. The summed E-state index contributed by atoms with van der Waals surface area (Å²) in [7, 11) is 0.525. The summed E-state index contributed by atoms with van der Waals surface area (Å²) in [6, 6.07) is 5.28. The van der Waals surface area contributed by atoms with Crippen LogP contribution in [0.15, 0.2) is 18.2 Å². The zero-order chi connectivity index (χ0) is 28.6. The predicted molar refractivity (Wildman–Crippen MR) is 148 cm³/mol. The zero-order valence-electron chi connectivity index (χ0n) is 23.6. The number of carbonyl (C=O) groups excluding carboxylic acids is 1. The topological polar surface area (TPSA) is 129 Å². The molecule has 0 aliphatic carbocycles. The average molecular weight is 569 g/mol. The normalized spacial score (nSPS) is 21.2. The monoisotopic (exact) mass is 568 g/mol. The van der Waals surface area contributed by atoms with Gasteiger partial charge in [0.25, 0.3) is 5.91 Å². The molecule has 2 heterocycles. The van der Waals surface area contributed by atoms with Crippen molar-refractivity contribution >= 4 is 21.9 Å². The number of likely N-dealkylation sites (tertiary alicyclic amines) is 1. The van der Waals surface area contributed by atoms with Crippen molar-refractivity contribution in [3.8, 4) is 5.75 Å². The Kier molecular flexibility index (Phi) is 11.6. The Labute approximate surface area is 232 Å². The molecular weight excluding hydrogens is 524 g/mol. The molecular formula is C27H44N4O7S. The van der Waals surface area contributed by atoms with Crippen molar-refractivity contribution in [2.75, 3.05) is 66.3 Å². The summed E-state index contributed by atoms with van der Waals surface area (Å²) in [4.78, 5) is 35.9. The smallest absolute Gasteiger partial charge is 0.308 e. The minimum absolute atomic E-state index is 0.00469. The Hall–Kier alpha value is -2.25. The number of carboxylic acid groups (broad SMARTS) is 1. The second kappa shape index (κ2) is 14.4. The minimum atomic E-state index is -3.44. The maximum Gasteiger partial charge on any atom is 0.308 e. The van der Waals surface area contributed by atoms with Gasteiger partial charge in [-0.15, -0.1) is 0 Å². The quantitative estimate of drug-likeness (QED) is 0.225. The van der Waals surface area contributed by atoms with E-state index < -0.39 is 28.0 Å². The molecule has 3 rings (SSSR count). The van der Waals surface area contributed by atoms with Gasteiger partial charge in [-0.2, -0.15) is 0 Å². The Morgan fingerprint density at radius 3 is 2.67 bits per heavy atom. The first-order valence-electron chi connectivity index (χ1n) is 13.7. The second-order valence-corrected chi connectivity index (χ2v) is 12.6. The molecule has 12 heteroatoms. The van der Waals surface area contributed by atoms with Crippen molar-refractivity contribution in [2.24, 2.45) is 5.92 Å². The van der Waals surface area contributed by atoms with E-state index in [0.29, 0.717) is 26.3 Å². The number of hydrogen-bond acceptors (Lipinski definition) is 8. The van der Waals surface area contributed by atoms with E-state index in [9.17, 15) is 23.1 Å². The van der Waals surface area contributed by atoms with Crippen LogP contribution in [0.4, 0.5) is 0 Å². The van der Waals surface area contributed by atoms with Crippen LogP contribution >= 0.6 is 0 Å². The van der Waals surface area contributed by atoms with Gasteiger partial charge >= 0.3 is 5.97 Å². The zero-order valence-corrected chi connectivity index (χ0v) is 24.4. The molecule has 11 nitrogen and oxygen atoms in total. The van der Waals surface area contributed by atoms with Crippen molar-refractivity contribution < 1.29 is 32.7 Å². The fourth-order valence-electron chi connectivity index (χ4n) is 5.39. The van der Waals surface area contributed by atoms with Crippen molar-refractivity contribution in [3.05, 3.63) is 29.3 Å². The van der Waals surface area contributed by atoms with Crippen LogP contribution in [0, 0.1) is 5.92 Å². The van der Waals surface area contributed by atoms with E-state index in [4.69, 9.17) is 9.57 Å². The van der Waals surface area contributed by atoms with E-state index in [1.165, 1.54) is 5.06 Å². The van der Waals surface area contributed by atoms with Crippen LogP contribution in [-0.2, 0) is 30.9 Å². The van der Waals surface area contributed by atoms with E-state index in [2.05, 4.69) is 9.62 Å². The lowest BCUT2D eigenvalue weighted by Crippen LogP contribution is -2.45. The average Bonchev–Trinajstić information content (AvgIpc) is 3.47. The number of carboxylic acids is 1. The van der Waals surface area contributed by atoms with Crippen LogP contribution in [0.25, 0.3) is 0 Å². The van der Waals surface area contributed by atoms with Crippen LogP contribution in [-0.4, -0.2) is 113 Å². The third kappa shape index (κ3) is 9.14. The molecule has 1 saturated heterocycles. The van der Waals surface area contributed by atoms with Gasteiger partial charge in [0.15, 0.2) is 0 Å².